The van der Waals surface area contributed by atoms with Crippen molar-refractivity contribution in [2.75, 3.05) is 11.9 Å². The summed E-state index contributed by atoms with van der Waals surface area (Å²) in [6, 6.07) is 13.2. The zero-order valence-electron chi connectivity index (χ0n) is 14.5. The van der Waals surface area contributed by atoms with Crippen LogP contribution in [0.2, 0.25) is 0 Å². The Morgan fingerprint density at radius 3 is 2.52 bits per heavy atom. The number of nitrogens with one attached hydrogen (secondary N) is 1. The number of carbonyl (C=O) groups excluding carboxylic acids is 2. The van der Waals surface area contributed by atoms with Gasteiger partial charge >= 0.3 is 0 Å². The van der Waals surface area contributed by atoms with Crippen molar-refractivity contribution in [1.29, 1.82) is 0 Å². The van der Waals surface area contributed by atoms with Gasteiger partial charge in [-0.05, 0) is 67.6 Å². The van der Waals surface area contributed by atoms with Gasteiger partial charge < -0.3 is 10.1 Å². The van der Waals surface area contributed by atoms with Crippen molar-refractivity contribution >= 4 is 17.4 Å². The second-order valence-corrected chi connectivity index (χ2v) is 6.27. The average molecular weight is 337 g/mol. The van der Waals surface area contributed by atoms with Crippen LogP contribution in [0, 0.1) is 0 Å². The van der Waals surface area contributed by atoms with E-state index < -0.39 is 0 Å². The van der Waals surface area contributed by atoms with Crippen LogP contribution >= 0.6 is 0 Å². The lowest BCUT2D eigenvalue weighted by molar-refractivity contribution is -0.116. The molecule has 2 aromatic carbocycles. The van der Waals surface area contributed by atoms with E-state index in [1.165, 1.54) is 11.1 Å². The van der Waals surface area contributed by atoms with Gasteiger partial charge in [0.2, 0.25) is 5.91 Å². The van der Waals surface area contributed by atoms with Gasteiger partial charge in [0.1, 0.15) is 5.75 Å². The maximum Gasteiger partial charge on any atom is 0.224 e. The number of fused-ring (bicyclic) bond motifs is 1. The van der Waals surface area contributed by atoms with E-state index in [0.717, 1.165) is 30.6 Å². The van der Waals surface area contributed by atoms with E-state index in [2.05, 4.69) is 11.4 Å². The molecule has 0 heterocycles. The molecule has 0 unspecified atom stereocenters. The maximum absolute atomic E-state index is 12.3. The van der Waals surface area contributed by atoms with Crippen molar-refractivity contribution in [3.8, 4) is 5.75 Å². The first-order valence-corrected chi connectivity index (χ1v) is 8.83. The number of hydrogen-bond acceptors (Lipinski definition) is 3. The van der Waals surface area contributed by atoms with Crippen LogP contribution in [-0.2, 0) is 17.6 Å². The van der Waals surface area contributed by atoms with Crippen molar-refractivity contribution in [3.05, 3.63) is 59.2 Å². The fourth-order valence-corrected chi connectivity index (χ4v) is 3.14. The zero-order chi connectivity index (χ0) is 17.6. The highest BCUT2D eigenvalue weighted by Crippen LogP contribution is 2.23. The molecule has 1 aliphatic carbocycles. The van der Waals surface area contributed by atoms with E-state index in [1.807, 2.05) is 31.2 Å². The smallest absolute Gasteiger partial charge is 0.224 e. The Balaban J connectivity index is 1.50. The van der Waals surface area contributed by atoms with E-state index in [9.17, 15) is 9.59 Å². The molecule has 1 aliphatic rings. The SMILES string of the molecule is CCOc1ccc(NC(=O)CCC(=O)c2ccc3c(c2)CCC3)cc1. The van der Waals surface area contributed by atoms with Gasteiger partial charge in [0.15, 0.2) is 5.78 Å². The number of ether oxygens (including phenoxy) is 1. The molecule has 3 rings (SSSR count). The number of ketones is 1. The normalized spacial score (nSPS) is 12.5. The lowest BCUT2D eigenvalue weighted by atomic mass is 10.0. The van der Waals surface area contributed by atoms with Gasteiger partial charge in [-0.3, -0.25) is 9.59 Å². The summed E-state index contributed by atoms with van der Waals surface area (Å²) in [5.74, 6) is 0.641. The Labute approximate surface area is 148 Å². The minimum absolute atomic E-state index is 0.0246. The van der Waals surface area contributed by atoms with Crippen molar-refractivity contribution in [1.82, 2.24) is 0 Å². The standard InChI is InChI=1S/C21H23NO3/c1-2-25-19-10-8-18(9-11-19)22-21(24)13-12-20(23)17-7-6-15-4-3-5-16(15)14-17/h6-11,14H,2-5,12-13H2,1H3,(H,22,24). The second kappa shape index (κ2) is 7.97. The molecule has 0 radical (unpaired) electrons. The molecule has 0 atom stereocenters. The average Bonchev–Trinajstić information content (AvgIpc) is 3.09. The summed E-state index contributed by atoms with van der Waals surface area (Å²) >= 11 is 0. The molecule has 0 aromatic heterocycles. The van der Waals surface area contributed by atoms with Crippen molar-refractivity contribution in [2.24, 2.45) is 0 Å². The van der Waals surface area contributed by atoms with E-state index in [4.69, 9.17) is 4.74 Å². The van der Waals surface area contributed by atoms with Gasteiger partial charge in [-0.1, -0.05) is 12.1 Å². The van der Waals surface area contributed by atoms with E-state index in [0.29, 0.717) is 12.3 Å². The largest absolute Gasteiger partial charge is 0.494 e. The van der Waals surface area contributed by atoms with Crippen LogP contribution < -0.4 is 10.1 Å². The molecule has 0 bridgehead atoms. The topological polar surface area (TPSA) is 55.4 Å². The van der Waals surface area contributed by atoms with Gasteiger partial charge in [-0.25, -0.2) is 0 Å². The lowest BCUT2D eigenvalue weighted by Gasteiger charge is -2.07. The number of Topliss-reactive ketones (excluding diaryl/α,β-unsaturated/α-hetero) is 1. The molecule has 1 N–H and O–H groups in total. The third-order valence-corrected chi connectivity index (χ3v) is 4.45. The summed E-state index contributed by atoms with van der Waals surface area (Å²) in [4.78, 5) is 24.4. The minimum atomic E-state index is -0.154. The monoisotopic (exact) mass is 337 g/mol. The van der Waals surface area contributed by atoms with Crippen LogP contribution in [0.5, 0.6) is 5.75 Å². The quantitative estimate of drug-likeness (QED) is 0.771. The third-order valence-electron chi connectivity index (χ3n) is 4.45. The zero-order valence-corrected chi connectivity index (χ0v) is 14.5. The molecule has 25 heavy (non-hydrogen) atoms. The summed E-state index contributed by atoms with van der Waals surface area (Å²) in [6.07, 6.45) is 3.73. The van der Waals surface area contributed by atoms with E-state index in [1.54, 1.807) is 12.1 Å². The summed E-state index contributed by atoms with van der Waals surface area (Å²) in [5, 5.41) is 2.81. The van der Waals surface area contributed by atoms with Crippen LogP contribution in [0.4, 0.5) is 5.69 Å². The van der Waals surface area contributed by atoms with Crippen molar-refractivity contribution in [2.45, 2.75) is 39.0 Å². The molecule has 4 heteroatoms. The lowest BCUT2D eigenvalue weighted by Crippen LogP contribution is -2.13. The summed E-state index contributed by atoms with van der Waals surface area (Å²) in [6.45, 7) is 2.53. The molecule has 130 valence electrons. The van der Waals surface area contributed by atoms with Crippen LogP contribution in [0.15, 0.2) is 42.5 Å². The van der Waals surface area contributed by atoms with Crippen LogP contribution in [-0.4, -0.2) is 18.3 Å². The molecule has 0 spiro atoms. The predicted molar refractivity (Wildman–Crippen MR) is 98.3 cm³/mol. The van der Waals surface area contributed by atoms with Crippen LogP contribution in [0.1, 0.15) is 47.7 Å². The Bertz CT molecular complexity index is 765. The highest BCUT2D eigenvalue weighted by molar-refractivity contribution is 6.00. The van der Waals surface area contributed by atoms with Gasteiger partial charge in [0.05, 0.1) is 6.61 Å². The number of carbonyl (C=O) groups is 2. The first kappa shape index (κ1) is 17.2. The first-order chi connectivity index (χ1) is 12.2. The summed E-state index contributed by atoms with van der Waals surface area (Å²) in [5.41, 5.74) is 4.06. The Morgan fingerprint density at radius 2 is 1.76 bits per heavy atom. The van der Waals surface area contributed by atoms with Crippen molar-refractivity contribution < 1.29 is 14.3 Å². The minimum Gasteiger partial charge on any atom is -0.494 e. The number of hydrogen-bond donors (Lipinski definition) is 1. The molecule has 0 saturated carbocycles. The first-order valence-electron chi connectivity index (χ1n) is 8.83. The number of rotatable bonds is 7. The maximum atomic E-state index is 12.3. The fourth-order valence-electron chi connectivity index (χ4n) is 3.14. The number of benzene rings is 2. The number of amides is 1. The van der Waals surface area contributed by atoms with E-state index >= 15 is 0 Å². The second-order valence-electron chi connectivity index (χ2n) is 6.27. The molecule has 2 aromatic rings. The molecule has 0 aliphatic heterocycles. The van der Waals surface area contributed by atoms with Crippen molar-refractivity contribution in [3.63, 3.8) is 0 Å². The van der Waals surface area contributed by atoms with Gasteiger partial charge in [-0.2, -0.15) is 0 Å². The van der Waals surface area contributed by atoms with Gasteiger partial charge in [0.25, 0.3) is 0 Å². The van der Waals surface area contributed by atoms with E-state index in [-0.39, 0.29) is 24.5 Å². The molecular weight excluding hydrogens is 314 g/mol. The van der Waals surface area contributed by atoms with Gasteiger partial charge in [-0.15, -0.1) is 0 Å². The number of aryl methyl sites for hydroxylation is 2. The molecule has 0 saturated heterocycles. The summed E-state index contributed by atoms with van der Waals surface area (Å²) < 4.78 is 5.37. The molecular formula is C21H23NO3. The highest BCUT2D eigenvalue weighted by Gasteiger charge is 2.15. The van der Waals surface area contributed by atoms with Gasteiger partial charge in [0, 0.05) is 24.1 Å². The summed E-state index contributed by atoms with van der Waals surface area (Å²) in [7, 11) is 0. The Kier molecular flexibility index (Phi) is 5.49. The van der Waals surface area contributed by atoms with Crippen LogP contribution in [0.25, 0.3) is 0 Å². The third kappa shape index (κ3) is 4.47. The predicted octanol–water partition coefficient (Wildman–Crippen LogP) is 4.18. The highest BCUT2D eigenvalue weighted by atomic mass is 16.5. The molecule has 0 fully saturated rings. The molecule has 1 amide bonds. The number of anilines is 1. The molecule has 4 nitrogen and oxygen atoms in total. The fraction of sp³-hybridized carbons (Fsp3) is 0.333. The Morgan fingerprint density at radius 1 is 1.00 bits per heavy atom. The van der Waals surface area contributed by atoms with Crippen LogP contribution in [0.3, 0.4) is 0 Å². The Hall–Kier alpha value is -2.62.